The molecule has 3 heterocycles. The highest BCUT2D eigenvalue weighted by Crippen LogP contribution is 2.31. The SMILES string of the molecule is Cc1c(-c2cnn(C)c2)nn(-c2ccccc2)c1NC(=O)Nc1cc(CC(F)(F)F)nn1-c1ccc(F)cc1. The number of aromatic nitrogens is 6. The van der Waals surface area contributed by atoms with Crippen LogP contribution in [0.15, 0.2) is 73.1 Å². The lowest BCUT2D eigenvalue weighted by Gasteiger charge is -2.12. The largest absolute Gasteiger partial charge is 0.394 e. The van der Waals surface area contributed by atoms with Gasteiger partial charge in [-0.1, -0.05) is 18.2 Å². The highest BCUT2D eigenvalue weighted by molar-refractivity contribution is 6.00. The Kier molecular flexibility index (Phi) is 6.64. The monoisotopic (exact) mass is 538 g/mol. The third kappa shape index (κ3) is 5.66. The van der Waals surface area contributed by atoms with E-state index in [-0.39, 0.29) is 17.2 Å². The van der Waals surface area contributed by atoms with Crippen LogP contribution in [0.3, 0.4) is 0 Å². The van der Waals surface area contributed by atoms with Crippen LogP contribution < -0.4 is 10.6 Å². The van der Waals surface area contributed by atoms with E-state index in [9.17, 15) is 22.4 Å². The first-order valence-corrected chi connectivity index (χ1v) is 11.7. The Morgan fingerprint density at radius 3 is 2.28 bits per heavy atom. The molecule has 0 aliphatic carbocycles. The number of nitrogens with one attached hydrogen (secondary N) is 2. The Labute approximate surface area is 219 Å². The van der Waals surface area contributed by atoms with Crippen molar-refractivity contribution in [2.24, 2.45) is 7.05 Å². The number of halogens is 4. The number of alkyl halides is 3. The third-order valence-electron chi connectivity index (χ3n) is 5.79. The van der Waals surface area contributed by atoms with Gasteiger partial charge in [0.15, 0.2) is 0 Å². The zero-order valence-corrected chi connectivity index (χ0v) is 20.7. The highest BCUT2D eigenvalue weighted by atomic mass is 19.4. The molecule has 2 amide bonds. The maximum absolute atomic E-state index is 13.5. The Bertz CT molecular complexity index is 1620. The molecule has 13 heteroatoms. The van der Waals surface area contributed by atoms with Crippen LogP contribution in [0.1, 0.15) is 11.3 Å². The Balaban J connectivity index is 1.49. The minimum atomic E-state index is -4.51. The second-order valence-corrected chi connectivity index (χ2v) is 8.75. The number of amides is 2. The van der Waals surface area contributed by atoms with Crippen LogP contribution in [0, 0.1) is 12.7 Å². The number of carbonyl (C=O) groups is 1. The normalized spacial score (nSPS) is 11.5. The van der Waals surface area contributed by atoms with Crippen molar-refractivity contribution in [2.75, 3.05) is 10.6 Å². The van der Waals surface area contributed by atoms with Crippen LogP contribution in [-0.4, -0.2) is 41.5 Å². The van der Waals surface area contributed by atoms with E-state index >= 15 is 0 Å². The fourth-order valence-electron chi connectivity index (χ4n) is 4.06. The van der Waals surface area contributed by atoms with E-state index in [1.807, 2.05) is 30.3 Å². The van der Waals surface area contributed by atoms with E-state index < -0.39 is 24.4 Å². The van der Waals surface area contributed by atoms with Crippen LogP contribution in [0.25, 0.3) is 22.6 Å². The molecule has 0 spiro atoms. The first kappa shape index (κ1) is 25.7. The number of anilines is 2. The molecule has 0 radical (unpaired) electrons. The van der Waals surface area contributed by atoms with Gasteiger partial charge in [-0.25, -0.2) is 18.5 Å². The van der Waals surface area contributed by atoms with Gasteiger partial charge in [0.1, 0.15) is 23.1 Å². The van der Waals surface area contributed by atoms with Crippen molar-refractivity contribution >= 4 is 17.7 Å². The summed E-state index contributed by atoms with van der Waals surface area (Å²) in [5, 5.41) is 18.2. The van der Waals surface area contributed by atoms with Crippen LogP contribution in [0.4, 0.5) is 34.0 Å². The predicted molar refractivity (Wildman–Crippen MR) is 136 cm³/mol. The quantitative estimate of drug-likeness (QED) is 0.273. The summed E-state index contributed by atoms with van der Waals surface area (Å²) < 4.78 is 57.0. The van der Waals surface area contributed by atoms with E-state index in [1.54, 1.807) is 35.7 Å². The molecule has 0 bridgehead atoms. The zero-order chi connectivity index (χ0) is 27.7. The number of aryl methyl sites for hydroxylation is 1. The van der Waals surface area contributed by atoms with Gasteiger partial charge >= 0.3 is 12.2 Å². The number of benzene rings is 2. The van der Waals surface area contributed by atoms with Crippen molar-refractivity contribution in [2.45, 2.75) is 19.5 Å². The van der Waals surface area contributed by atoms with E-state index in [0.717, 1.165) is 28.4 Å². The predicted octanol–water partition coefficient (Wildman–Crippen LogP) is 5.65. The van der Waals surface area contributed by atoms with E-state index in [4.69, 9.17) is 0 Å². The molecule has 5 rings (SSSR count). The third-order valence-corrected chi connectivity index (χ3v) is 5.79. The van der Waals surface area contributed by atoms with Crippen molar-refractivity contribution in [3.8, 4) is 22.6 Å². The lowest BCUT2D eigenvalue weighted by Crippen LogP contribution is -2.23. The standard InChI is InChI=1S/C26H22F4N8O/c1-16-23(17-14-31-36(2)15-17)35-38(20-6-4-3-5-7-20)24(16)33-25(39)32-22-12-19(13-26(28,29)30)34-37(22)21-10-8-18(27)9-11-21/h3-12,14-15H,13H2,1-2H3,(H2,32,33,39). The summed E-state index contributed by atoms with van der Waals surface area (Å²) in [6.45, 7) is 1.79. The van der Waals surface area contributed by atoms with Crippen molar-refractivity contribution < 1.29 is 22.4 Å². The number of hydrogen-bond acceptors (Lipinski definition) is 4. The molecular weight excluding hydrogens is 516 g/mol. The molecule has 0 saturated heterocycles. The summed E-state index contributed by atoms with van der Waals surface area (Å²) in [4.78, 5) is 13.2. The van der Waals surface area contributed by atoms with Gasteiger partial charge in [-0.2, -0.15) is 28.5 Å². The fourth-order valence-corrected chi connectivity index (χ4v) is 4.06. The van der Waals surface area contributed by atoms with Gasteiger partial charge in [0.25, 0.3) is 0 Å². The lowest BCUT2D eigenvalue weighted by atomic mass is 10.1. The summed E-state index contributed by atoms with van der Waals surface area (Å²) in [6.07, 6.45) is -2.37. The number of nitrogens with zero attached hydrogens (tertiary/aromatic N) is 6. The molecule has 0 atom stereocenters. The summed E-state index contributed by atoms with van der Waals surface area (Å²) in [5.74, 6) is -0.210. The zero-order valence-electron chi connectivity index (χ0n) is 20.7. The molecule has 39 heavy (non-hydrogen) atoms. The molecule has 5 aromatic rings. The van der Waals surface area contributed by atoms with Gasteiger partial charge in [0, 0.05) is 30.4 Å². The van der Waals surface area contributed by atoms with E-state index in [1.165, 1.54) is 12.1 Å². The minimum Gasteiger partial charge on any atom is -0.292 e. The number of urea groups is 1. The van der Waals surface area contributed by atoms with Gasteiger partial charge in [0.2, 0.25) is 0 Å². The Morgan fingerprint density at radius 2 is 1.64 bits per heavy atom. The smallest absolute Gasteiger partial charge is 0.292 e. The van der Waals surface area contributed by atoms with Crippen LogP contribution in [-0.2, 0) is 13.5 Å². The minimum absolute atomic E-state index is 0.0331. The number of hydrogen-bond donors (Lipinski definition) is 2. The average molecular weight is 539 g/mol. The highest BCUT2D eigenvalue weighted by Gasteiger charge is 2.30. The molecular formula is C26H22F4N8O. The molecule has 3 aromatic heterocycles. The topological polar surface area (TPSA) is 94.6 Å². The molecule has 2 aromatic carbocycles. The molecule has 9 nitrogen and oxygen atoms in total. The van der Waals surface area contributed by atoms with Crippen molar-refractivity contribution in [3.63, 3.8) is 0 Å². The van der Waals surface area contributed by atoms with Gasteiger partial charge < -0.3 is 0 Å². The number of para-hydroxylation sites is 1. The Hall–Kier alpha value is -4.94. The van der Waals surface area contributed by atoms with Crippen molar-refractivity contribution in [1.82, 2.24) is 29.3 Å². The van der Waals surface area contributed by atoms with Crippen molar-refractivity contribution in [1.29, 1.82) is 0 Å². The summed E-state index contributed by atoms with van der Waals surface area (Å²) in [6, 6.07) is 14.5. The molecule has 2 N–H and O–H groups in total. The van der Waals surface area contributed by atoms with Gasteiger partial charge in [-0.15, -0.1) is 0 Å². The van der Waals surface area contributed by atoms with Crippen LogP contribution >= 0.6 is 0 Å². The molecule has 0 aliphatic rings. The Morgan fingerprint density at radius 1 is 0.949 bits per heavy atom. The van der Waals surface area contributed by atoms with Gasteiger partial charge in [-0.3, -0.25) is 15.3 Å². The second-order valence-electron chi connectivity index (χ2n) is 8.75. The van der Waals surface area contributed by atoms with Gasteiger partial charge in [-0.05, 0) is 43.3 Å². The first-order chi connectivity index (χ1) is 18.6. The van der Waals surface area contributed by atoms with Crippen LogP contribution in [0.2, 0.25) is 0 Å². The summed E-state index contributed by atoms with van der Waals surface area (Å²) in [5.41, 5.74) is 2.60. The average Bonchev–Trinajstić information content (AvgIpc) is 3.57. The first-order valence-electron chi connectivity index (χ1n) is 11.7. The summed E-state index contributed by atoms with van der Waals surface area (Å²) >= 11 is 0. The van der Waals surface area contributed by atoms with Gasteiger partial charge in [0.05, 0.1) is 29.7 Å². The number of carbonyl (C=O) groups excluding carboxylic acids is 1. The maximum Gasteiger partial charge on any atom is 0.394 e. The molecule has 0 aliphatic heterocycles. The molecule has 200 valence electrons. The fraction of sp³-hybridized carbons (Fsp3) is 0.154. The van der Waals surface area contributed by atoms with E-state index in [0.29, 0.717) is 22.8 Å². The van der Waals surface area contributed by atoms with E-state index in [2.05, 4.69) is 25.9 Å². The maximum atomic E-state index is 13.5. The molecule has 0 unspecified atom stereocenters. The molecule has 0 fully saturated rings. The van der Waals surface area contributed by atoms with Crippen molar-refractivity contribution in [3.05, 3.63) is 90.1 Å². The second kappa shape index (κ2) is 10.1. The lowest BCUT2D eigenvalue weighted by molar-refractivity contribution is -0.127. The van der Waals surface area contributed by atoms with Crippen LogP contribution in [0.5, 0.6) is 0 Å². The number of rotatable bonds is 6. The summed E-state index contributed by atoms with van der Waals surface area (Å²) in [7, 11) is 1.77. The molecule has 0 saturated carbocycles.